The van der Waals surface area contributed by atoms with Gasteiger partial charge >= 0.3 is 0 Å². The first kappa shape index (κ1) is 12.2. The molecule has 1 unspecified atom stereocenters. The second-order valence-electron chi connectivity index (χ2n) is 6.14. The van der Waals surface area contributed by atoms with Gasteiger partial charge in [-0.25, -0.2) is 0 Å². The lowest BCUT2D eigenvalue weighted by Crippen LogP contribution is -2.36. The molecular weight excluding hydrogens is 218 g/mol. The van der Waals surface area contributed by atoms with Gasteiger partial charge in [0, 0.05) is 12.1 Å². The predicted octanol–water partition coefficient (Wildman–Crippen LogP) is 4.23. The highest BCUT2D eigenvalue weighted by Gasteiger charge is 2.26. The molecule has 0 radical (unpaired) electrons. The molecule has 2 aliphatic rings. The van der Waals surface area contributed by atoms with Gasteiger partial charge in [0.05, 0.1) is 0 Å². The van der Waals surface area contributed by atoms with Crippen LogP contribution in [0.15, 0.2) is 24.3 Å². The van der Waals surface area contributed by atoms with Crippen molar-refractivity contribution in [2.24, 2.45) is 5.92 Å². The summed E-state index contributed by atoms with van der Waals surface area (Å²) >= 11 is 0. The Morgan fingerprint density at radius 1 is 1.06 bits per heavy atom. The van der Waals surface area contributed by atoms with Gasteiger partial charge in [-0.15, -0.1) is 0 Å². The summed E-state index contributed by atoms with van der Waals surface area (Å²) in [7, 11) is 0. The Morgan fingerprint density at radius 3 is 2.67 bits per heavy atom. The number of aryl methyl sites for hydroxylation is 1. The third-order valence-electron chi connectivity index (χ3n) is 4.94. The Bertz CT molecular complexity index is 392. The molecule has 0 bridgehead atoms. The minimum Gasteiger partial charge on any atom is -0.307 e. The molecule has 1 nitrogen and oxygen atoms in total. The Morgan fingerprint density at radius 2 is 1.83 bits per heavy atom. The maximum absolute atomic E-state index is 3.92. The van der Waals surface area contributed by atoms with Crippen LogP contribution in [0.25, 0.3) is 0 Å². The third kappa shape index (κ3) is 2.47. The summed E-state index contributed by atoms with van der Waals surface area (Å²) < 4.78 is 0. The molecule has 2 aliphatic carbocycles. The van der Waals surface area contributed by atoms with E-state index < -0.39 is 0 Å². The molecule has 0 aliphatic heterocycles. The summed E-state index contributed by atoms with van der Waals surface area (Å²) in [5.74, 6) is 0.916. The van der Waals surface area contributed by atoms with Gasteiger partial charge in [-0.2, -0.15) is 0 Å². The zero-order valence-electron chi connectivity index (χ0n) is 11.5. The fraction of sp³-hybridized carbons (Fsp3) is 0.647. The summed E-state index contributed by atoms with van der Waals surface area (Å²) in [6.45, 7) is 2.40. The van der Waals surface area contributed by atoms with Crippen molar-refractivity contribution in [1.29, 1.82) is 0 Å². The Labute approximate surface area is 111 Å². The second kappa shape index (κ2) is 5.44. The molecule has 1 aromatic carbocycles. The van der Waals surface area contributed by atoms with Crippen molar-refractivity contribution in [3.05, 3.63) is 35.4 Å². The van der Waals surface area contributed by atoms with E-state index in [4.69, 9.17) is 0 Å². The number of hydrogen-bond acceptors (Lipinski definition) is 1. The zero-order valence-corrected chi connectivity index (χ0v) is 11.5. The maximum atomic E-state index is 3.92. The highest BCUT2D eigenvalue weighted by Crippen LogP contribution is 2.33. The number of rotatable bonds is 3. The molecule has 1 heteroatoms. The highest BCUT2D eigenvalue weighted by molar-refractivity contribution is 5.32. The van der Waals surface area contributed by atoms with Crippen LogP contribution in [-0.2, 0) is 6.42 Å². The van der Waals surface area contributed by atoms with Gasteiger partial charge in [-0.1, -0.05) is 37.1 Å². The van der Waals surface area contributed by atoms with Crippen LogP contribution in [0.4, 0.5) is 0 Å². The van der Waals surface area contributed by atoms with Crippen LogP contribution in [0.3, 0.4) is 0 Å². The van der Waals surface area contributed by atoms with Crippen LogP contribution >= 0.6 is 0 Å². The first-order valence-electron chi connectivity index (χ1n) is 7.68. The van der Waals surface area contributed by atoms with Crippen LogP contribution in [0.5, 0.6) is 0 Å². The summed E-state index contributed by atoms with van der Waals surface area (Å²) in [5.41, 5.74) is 3.13. The molecule has 98 valence electrons. The van der Waals surface area contributed by atoms with Gasteiger partial charge in [0.1, 0.15) is 0 Å². The molecule has 1 N–H and O–H groups in total. The fourth-order valence-corrected chi connectivity index (χ4v) is 3.84. The summed E-state index contributed by atoms with van der Waals surface area (Å²) in [5, 5.41) is 3.92. The van der Waals surface area contributed by atoms with Crippen LogP contribution in [-0.4, -0.2) is 6.04 Å². The molecule has 1 fully saturated rings. The smallest absolute Gasteiger partial charge is 0.0325 e. The average Bonchev–Trinajstić information content (AvgIpc) is 2.93. The number of nitrogens with one attached hydrogen (secondary N) is 1. The van der Waals surface area contributed by atoms with Crippen molar-refractivity contribution >= 4 is 0 Å². The fourth-order valence-electron chi connectivity index (χ4n) is 3.84. The van der Waals surface area contributed by atoms with Crippen LogP contribution < -0.4 is 5.32 Å². The number of hydrogen-bond donors (Lipinski definition) is 1. The molecule has 3 rings (SSSR count). The Balaban J connectivity index is 1.70. The summed E-state index contributed by atoms with van der Waals surface area (Å²) in [6, 6.07) is 10.3. The molecule has 1 saturated carbocycles. The molecule has 18 heavy (non-hydrogen) atoms. The van der Waals surface area contributed by atoms with E-state index in [-0.39, 0.29) is 0 Å². The molecular formula is C17H25N. The van der Waals surface area contributed by atoms with Crippen LogP contribution in [0.1, 0.15) is 62.6 Å². The van der Waals surface area contributed by atoms with E-state index in [2.05, 4.69) is 36.5 Å². The van der Waals surface area contributed by atoms with E-state index in [1.165, 1.54) is 44.9 Å². The van der Waals surface area contributed by atoms with Gasteiger partial charge in [-0.05, 0) is 56.1 Å². The van der Waals surface area contributed by atoms with Crippen LogP contribution in [0, 0.1) is 5.92 Å². The largest absolute Gasteiger partial charge is 0.307 e. The minimum absolute atomic E-state index is 0.602. The number of fused-ring (bicyclic) bond motifs is 1. The molecule has 0 aromatic heterocycles. The first-order valence-corrected chi connectivity index (χ1v) is 7.68. The van der Waals surface area contributed by atoms with Gasteiger partial charge < -0.3 is 5.32 Å². The molecule has 0 heterocycles. The van der Waals surface area contributed by atoms with E-state index in [1.807, 2.05) is 0 Å². The van der Waals surface area contributed by atoms with Crippen molar-refractivity contribution in [2.75, 3.05) is 0 Å². The van der Waals surface area contributed by atoms with Crippen molar-refractivity contribution in [2.45, 2.75) is 64.0 Å². The summed E-state index contributed by atoms with van der Waals surface area (Å²) in [6.07, 6.45) is 9.67. The van der Waals surface area contributed by atoms with E-state index in [0.29, 0.717) is 12.1 Å². The number of benzene rings is 1. The molecule has 0 amide bonds. The minimum atomic E-state index is 0.602. The first-order chi connectivity index (χ1) is 8.84. The summed E-state index contributed by atoms with van der Waals surface area (Å²) in [4.78, 5) is 0. The van der Waals surface area contributed by atoms with E-state index in [0.717, 1.165) is 5.92 Å². The van der Waals surface area contributed by atoms with E-state index >= 15 is 0 Å². The SMILES string of the molecule is C[C@H](NC1CCCc2ccccc21)C1CCCC1. The average molecular weight is 243 g/mol. The Hall–Kier alpha value is -0.820. The lowest BCUT2D eigenvalue weighted by molar-refractivity contribution is 0.324. The van der Waals surface area contributed by atoms with Gasteiger partial charge in [0.25, 0.3) is 0 Å². The van der Waals surface area contributed by atoms with Gasteiger partial charge in [0.2, 0.25) is 0 Å². The quantitative estimate of drug-likeness (QED) is 0.837. The lowest BCUT2D eigenvalue weighted by Gasteiger charge is -2.31. The van der Waals surface area contributed by atoms with Crippen LogP contribution in [0.2, 0.25) is 0 Å². The van der Waals surface area contributed by atoms with Gasteiger partial charge in [-0.3, -0.25) is 0 Å². The molecule has 0 spiro atoms. The highest BCUT2D eigenvalue weighted by atomic mass is 15.0. The molecule has 0 saturated heterocycles. The normalized spacial score (nSPS) is 25.9. The monoisotopic (exact) mass is 243 g/mol. The molecule has 1 aromatic rings. The Kier molecular flexibility index (Phi) is 3.69. The zero-order chi connectivity index (χ0) is 12.4. The van der Waals surface area contributed by atoms with Crippen molar-refractivity contribution in [3.63, 3.8) is 0 Å². The third-order valence-corrected chi connectivity index (χ3v) is 4.94. The lowest BCUT2D eigenvalue weighted by atomic mass is 9.86. The van der Waals surface area contributed by atoms with E-state index in [1.54, 1.807) is 11.1 Å². The van der Waals surface area contributed by atoms with Crippen molar-refractivity contribution in [1.82, 2.24) is 5.32 Å². The standard InChI is InChI=1S/C17H25N/c1-13(14-7-2-3-8-14)18-17-12-6-10-15-9-4-5-11-16(15)17/h4-5,9,11,13-14,17-18H,2-3,6-8,10,12H2,1H3/t13-,17?/m0/s1. The predicted molar refractivity (Wildman–Crippen MR) is 76.7 cm³/mol. The van der Waals surface area contributed by atoms with E-state index in [9.17, 15) is 0 Å². The maximum Gasteiger partial charge on any atom is 0.0325 e. The van der Waals surface area contributed by atoms with Gasteiger partial charge in [0.15, 0.2) is 0 Å². The van der Waals surface area contributed by atoms with Crippen molar-refractivity contribution in [3.8, 4) is 0 Å². The second-order valence-corrected chi connectivity index (χ2v) is 6.14. The topological polar surface area (TPSA) is 12.0 Å². The molecule has 2 atom stereocenters. The van der Waals surface area contributed by atoms with Crippen molar-refractivity contribution < 1.29 is 0 Å².